The first-order valence-electron chi connectivity index (χ1n) is 9.25. The van der Waals surface area contributed by atoms with E-state index in [1.807, 2.05) is 11.6 Å². The van der Waals surface area contributed by atoms with Crippen molar-refractivity contribution < 1.29 is 22.7 Å². The first-order valence-corrected chi connectivity index (χ1v) is 11.1. The van der Waals surface area contributed by atoms with E-state index in [0.717, 1.165) is 5.56 Å². The molecule has 0 saturated heterocycles. The fourth-order valence-corrected chi connectivity index (χ4v) is 3.84. The molecule has 9 heteroatoms. The summed E-state index contributed by atoms with van der Waals surface area (Å²) in [7, 11) is -2.42. The third-order valence-electron chi connectivity index (χ3n) is 4.35. The Labute approximate surface area is 186 Å². The Morgan fingerprint density at radius 3 is 2.26 bits per heavy atom. The molecule has 0 radical (unpaired) electrons. The van der Waals surface area contributed by atoms with Crippen molar-refractivity contribution in [1.29, 1.82) is 0 Å². The Kier molecular flexibility index (Phi) is 7.04. The second kappa shape index (κ2) is 9.72. The molecule has 0 aliphatic heterocycles. The number of methoxy groups -OCH3 is 1. The monoisotopic (exact) mass is 460 g/mol. The van der Waals surface area contributed by atoms with Gasteiger partial charge in [-0.15, -0.1) is 0 Å². The molecule has 0 saturated carbocycles. The standard InChI is InChI=1S/C22H21ClN2O5S/c1-15-6-12-18(13-7-15)31(27,28)25-22(26)24-14-19-20(23)4-3-5-21(19)30-17-10-8-16(29-2)9-11-17/h3-13H,14H2,1-2H3,(H2,24,25,26). The van der Waals surface area contributed by atoms with Gasteiger partial charge in [0.25, 0.3) is 10.0 Å². The molecule has 3 aromatic rings. The SMILES string of the molecule is COc1ccc(Oc2cccc(Cl)c2CNC(=O)NS(=O)(=O)c2ccc(C)cc2)cc1. The minimum atomic E-state index is -3.99. The van der Waals surface area contributed by atoms with Crippen LogP contribution in [-0.4, -0.2) is 21.6 Å². The maximum atomic E-state index is 12.4. The van der Waals surface area contributed by atoms with Crippen molar-refractivity contribution in [2.75, 3.05) is 7.11 Å². The van der Waals surface area contributed by atoms with Crippen LogP contribution in [-0.2, 0) is 16.6 Å². The van der Waals surface area contributed by atoms with Gasteiger partial charge < -0.3 is 14.8 Å². The quantitative estimate of drug-likeness (QED) is 0.535. The lowest BCUT2D eigenvalue weighted by atomic mass is 10.2. The van der Waals surface area contributed by atoms with Gasteiger partial charge in [-0.3, -0.25) is 0 Å². The van der Waals surface area contributed by atoms with Gasteiger partial charge in [0.2, 0.25) is 0 Å². The second-order valence-electron chi connectivity index (χ2n) is 6.60. The molecular formula is C22H21ClN2O5S. The Hall–Kier alpha value is -3.23. The first kappa shape index (κ1) is 22.5. The number of benzene rings is 3. The Balaban J connectivity index is 1.69. The number of carbonyl (C=O) groups is 1. The minimum Gasteiger partial charge on any atom is -0.497 e. The van der Waals surface area contributed by atoms with E-state index in [0.29, 0.717) is 27.8 Å². The molecule has 2 amide bonds. The molecule has 3 rings (SSSR count). The van der Waals surface area contributed by atoms with E-state index in [-0.39, 0.29) is 11.4 Å². The van der Waals surface area contributed by atoms with E-state index in [4.69, 9.17) is 21.1 Å². The van der Waals surface area contributed by atoms with Crippen molar-refractivity contribution in [3.63, 3.8) is 0 Å². The average molecular weight is 461 g/mol. The number of halogens is 1. The summed E-state index contributed by atoms with van der Waals surface area (Å²) in [5, 5.41) is 2.88. The number of amides is 2. The van der Waals surface area contributed by atoms with Crippen molar-refractivity contribution >= 4 is 27.7 Å². The van der Waals surface area contributed by atoms with Gasteiger partial charge in [-0.25, -0.2) is 17.9 Å². The lowest BCUT2D eigenvalue weighted by Crippen LogP contribution is -2.39. The molecule has 3 aromatic carbocycles. The number of rotatable bonds is 7. The number of hydrogen-bond donors (Lipinski definition) is 2. The lowest BCUT2D eigenvalue weighted by molar-refractivity contribution is 0.245. The van der Waals surface area contributed by atoms with Gasteiger partial charge in [0.05, 0.1) is 12.0 Å². The molecule has 31 heavy (non-hydrogen) atoms. The molecule has 0 heterocycles. The zero-order valence-electron chi connectivity index (χ0n) is 16.9. The highest BCUT2D eigenvalue weighted by atomic mass is 35.5. The van der Waals surface area contributed by atoms with Crippen LogP contribution < -0.4 is 19.5 Å². The van der Waals surface area contributed by atoms with E-state index in [2.05, 4.69) is 5.32 Å². The maximum Gasteiger partial charge on any atom is 0.328 e. The van der Waals surface area contributed by atoms with E-state index < -0.39 is 16.1 Å². The maximum absolute atomic E-state index is 12.4. The summed E-state index contributed by atoms with van der Waals surface area (Å²) in [5.74, 6) is 1.67. The van der Waals surface area contributed by atoms with Crippen molar-refractivity contribution in [2.45, 2.75) is 18.4 Å². The predicted molar refractivity (Wildman–Crippen MR) is 118 cm³/mol. The molecule has 0 fully saturated rings. The molecule has 2 N–H and O–H groups in total. The van der Waals surface area contributed by atoms with E-state index >= 15 is 0 Å². The molecule has 0 aliphatic carbocycles. The molecule has 0 aromatic heterocycles. The Morgan fingerprint density at radius 2 is 1.61 bits per heavy atom. The van der Waals surface area contributed by atoms with Crippen LogP contribution >= 0.6 is 11.6 Å². The van der Waals surface area contributed by atoms with E-state index in [9.17, 15) is 13.2 Å². The number of sulfonamides is 1. The van der Waals surface area contributed by atoms with Gasteiger partial charge in [0.15, 0.2) is 0 Å². The van der Waals surface area contributed by atoms with Crippen LogP contribution in [0.5, 0.6) is 17.2 Å². The van der Waals surface area contributed by atoms with Gasteiger partial charge in [-0.2, -0.15) is 0 Å². The van der Waals surface area contributed by atoms with Crippen LogP contribution in [0.4, 0.5) is 4.79 Å². The highest BCUT2D eigenvalue weighted by Crippen LogP contribution is 2.31. The van der Waals surface area contributed by atoms with Crippen molar-refractivity contribution in [3.05, 3.63) is 82.9 Å². The van der Waals surface area contributed by atoms with Gasteiger partial charge in [0.1, 0.15) is 17.2 Å². The zero-order valence-corrected chi connectivity index (χ0v) is 18.5. The van der Waals surface area contributed by atoms with Crippen LogP contribution in [0.15, 0.2) is 71.6 Å². The Morgan fingerprint density at radius 1 is 0.968 bits per heavy atom. The molecular weight excluding hydrogens is 440 g/mol. The number of aryl methyl sites for hydroxylation is 1. The first-order chi connectivity index (χ1) is 14.8. The van der Waals surface area contributed by atoms with Crippen LogP contribution in [0.1, 0.15) is 11.1 Å². The summed E-state index contributed by atoms with van der Waals surface area (Å²) in [6.45, 7) is 1.80. The number of urea groups is 1. The largest absolute Gasteiger partial charge is 0.497 e. The highest BCUT2D eigenvalue weighted by molar-refractivity contribution is 7.90. The second-order valence-corrected chi connectivity index (χ2v) is 8.68. The molecule has 7 nitrogen and oxygen atoms in total. The smallest absolute Gasteiger partial charge is 0.328 e. The summed E-state index contributed by atoms with van der Waals surface area (Å²) in [6, 6.07) is 17.3. The average Bonchev–Trinajstić information content (AvgIpc) is 2.74. The van der Waals surface area contributed by atoms with Gasteiger partial charge in [-0.05, 0) is 55.5 Å². The number of nitrogens with one attached hydrogen (secondary N) is 2. The van der Waals surface area contributed by atoms with Crippen LogP contribution in [0, 0.1) is 6.92 Å². The zero-order chi connectivity index (χ0) is 22.4. The van der Waals surface area contributed by atoms with E-state index in [1.54, 1.807) is 61.7 Å². The molecule has 162 valence electrons. The summed E-state index contributed by atoms with van der Waals surface area (Å²) < 4.78 is 37.7. The molecule has 0 atom stereocenters. The molecule has 0 bridgehead atoms. The van der Waals surface area contributed by atoms with Gasteiger partial charge >= 0.3 is 6.03 Å². The number of hydrogen-bond acceptors (Lipinski definition) is 5. The third-order valence-corrected chi connectivity index (χ3v) is 6.05. The third kappa shape index (κ3) is 5.90. The lowest BCUT2D eigenvalue weighted by Gasteiger charge is -2.14. The van der Waals surface area contributed by atoms with Crippen LogP contribution in [0.3, 0.4) is 0 Å². The van der Waals surface area contributed by atoms with E-state index in [1.165, 1.54) is 12.1 Å². The topological polar surface area (TPSA) is 93.7 Å². The summed E-state index contributed by atoms with van der Waals surface area (Å²) in [6.07, 6.45) is 0. The fourth-order valence-electron chi connectivity index (χ4n) is 2.68. The predicted octanol–water partition coefficient (Wildman–Crippen LogP) is 4.64. The number of ether oxygens (including phenoxy) is 2. The fraction of sp³-hybridized carbons (Fsp3) is 0.136. The molecule has 0 aliphatic rings. The summed E-state index contributed by atoms with van der Waals surface area (Å²) >= 11 is 6.28. The highest BCUT2D eigenvalue weighted by Gasteiger charge is 2.18. The number of carbonyl (C=O) groups excluding carboxylic acids is 1. The van der Waals surface area contributed by atoms with Crippen molar-refractivity contribution in [2.24, 2.45) is 0 Å². The summed E-state index contributed by atoms with van der Waals surface area (Å²) in [4.78, 5) is 12.2. The van der Waals surface area contributed by atoms with Crippen molar-refractivity contribution in [3.8, 4) is 17.2 Å². The molecule has 0 unspecified atom stereocenters. The normalized spacial score (nSPS) is 10.9. The van der Waals surface area contributed by atoms with Gasteiger partial charge in [0, 0.05) is 17.1 Å². The Bertz CT molecular complexity index is 1160. The van der Waals surface area contributed by atoms with Crippen LogP contribution in [0.25, 0.3) is 0 Å². The molecule has 0 spiro atoms. The van der Waals surface area contributed by atoms with Gasteiger partial charge in [-0.1, -0.05) is 35.4 Å². The summed E-state index contributed by atoms with van der Waals surface area (Å²) in [5.41, 5.74) is 1.41. The van der Waals surface area contributed by atoms with Crippen molar-refractivity contribution in [1.82, 2.24) is 10.0 Å². The minimum absolute atomic E-state index is 0.00507. The van der Waals surface area contributed by atoms with Crippen LogP contribution in [0.2, 0.25) is 5.02 Å².